The van der Waals surface area contributed by atoms with Crippen LogP contribution in [0.5, 0.6) is 0 Å². The van der Waals surface area contributed by atoms with Crippen LogP contribution in [0.1, 0.15) is 23.6 Å². The van der Waals surface area contributed by atoms with Crippen LogP contribution in [0.3, 0.4) is 0 Å². The summed E-state index contributed by atoms with van der Waals surface area (Å²) in [5.74, 6) is -3.97. The topological polar surface area (TPSA) is 12.0 Å². The Balaban J connectivity index is 2.02. The Hall–Kier alpha value is -0.620. The maximum Gasteiger partial charge on any atom is 0.319 e. The third-order valence-corrected chi connectivity index (χ3v) is 3.58. The highest BCUT2D eigenvalue weighted by Gasteiger charge is 2.41. The summed E-state index contributed by atoms with van der Waals surface area (Å²) in [7, 11) is 0. The fraction of sp³-hybridized carbons (Fsp3) is 0.500. The Labute approximate surface area is 111 Å². The van der Waals surface area contributed by atoms with Crippen LogP contribution in [-0.4, -0.2) is 18.9 Å². The number of fused-ring (bicyclic) bond motifs is 1. The molecule has 2 rings (SSSR count). The molecule has 1 aromatic carbocycles. The van der Waals surface area contributed by atoms with Crippen LogP contribution in [-0.2, 0) is 6.42 Å². The van der Waals surface area contributed by atoms with Gasteiger partial charge in [0.25, 0.3) is 0 Å². The summed E-state index contributed by atoms with van der Waals surface area (Å²) in [6, 6.07) is 5.33. The molecule has 1 N–H and O–H groups in total. The van der Waals surface area contributed by atoms with Gasteiger partial charge in [0.05, 0.1) is 6.54 Å². The van der Waals surface area contributed by atoms with Gasteiger partial charge in [-0.25, -0.2) is 8.78 Å². The van der Waals surface area contributed by atoms with Crippen LogP contribution in [0, 0.1) is 0 Å². The monoisotopic (exact) mass is 325 g/mol. The fourth-order valence-corrected chi connectivity index (χ4v) is 2.54. The summed E-state index contributed by atoms with van der Waals surface area (Å²) in [5, 5.41) is 2.53. The van der Waals surface area contributed by atoms with Crippen molar-refractivity contribution in [2.24, 2.45) is 0 Å². The normalized spacial score (nSPS) is 19.3. The highest BCUT2D eigenvalue weighted by atomic mass is 79.9. The van der Waals surface area contributed by atoms with E-state index in [1.165, 1.54) is 0 Å². The zero-order valence-electron chi connectivity index (χ0n) is 9.40. The van der Waals surface area contributed by atoms with Crippen molar-refractivity contribution in [2.45, 2.75) is 31.2 Å². The molecule has 1 atom stereocenters. The first-order valence-electron chi connectivity index (χ1n) is 5.58. The molecule has 0 radical (unpaired) electrons. The van der Waals surface area contributed by atoms with Crippen molar-refractivity contribution in [1.82, 2.24) is 5.32 Å². The van der Waals surface area contributed by atoms with E-state index in [1.54, 1.807) is 0 Å². The molecule has 0 bridgehead atoms. The lowest BCUT2D eigenvalue weighted by atomic mass is 10.1. The smallest absolute Gasteiger partial charge is 0.304 e. The largest absolute Gasteiger partial charge is 0.319 e. The number of aryl methyl sites for hydroxylation is 1. The van der Waals surface area contributed by atoms with Gasteiger partial charge < -0.3 is 5.32 Å². The van der Waals surface area contributed by atoms with Gasteiger partial charge in [0.1, 0.15) is 0 Å². The summed E-state index contributed by atoms with van der Waals surface area (Å²) >= 11 is 3.34. The molecule has 1 aliphatic rings. The first-order valence-corrected chi connectivity index (χ1v) is 6.37. The second kappa shape index (κ2) is 5.17. The summed E-state index contributed by atoms with van der Waals surface area (Å²) in [5.41, 5.74) is 1.99. The van der Waals surface area contributed by atoms with Gasteiger partial charge in [0.15, 0.2) is 0 Å². The second-order valence-electron chi connectivity index (χ2n) is 4.38. The number of rotatable bonds is 4. The minimum Gasteiger partial charge on any atom is -0.304 e. The number of nitrogens with one attached hydrogen (secondary N) is 1. The molecule has 0 fully saturated rings. The number of hydrogen-bond donors (Lipinski definition) is 1. The van der Waals surface area contributed by atoms with Crippen molar-refractivity contribution >= 4 is 15.9 Å². The predicted octanol–water partition coefficient (Wildman–Crippen LogP) is 3.93. The predicted molar refractivity (Wildman–Crippen MR) is 64.2 cm³/mol. The Morgan fingerprint density at radius 1 is 1.39 bits per heavy atom. The number of hydrogen-bond acceptors (Lipinski definition) is 1. The molecule has 18 heavy (non-hydrogen) atoms. The lowest BCUT2D eigenvalue weighted by molar-refractivity contribution is -0.126. The molecule has 0 heterocycles. The second-order valence-corrected chi connectivity index (χ2v) is 5.29. The number of halogens is 5. The quantitative estimate of drug-likeness (QED) is 0.827. The van der Waals surface area contributed by atoms with E-state index < -0.39 is 18.9 Å². The van der Waals surface area contributed by atoms with E-state index in [1.807, 2.05) is 18.2 Å². The van der Waals surface area contributed by atoms with Crippen molar-refractivity contribution < 1.29 is 17.6 Å². The minimum atomic E-state index is -3.97. The fourth-order valence-electron chi connectivity index (χ4n) is 2.13. The van der Waals surface area contributed by atoms with Crippen LogP contribution in [0.15, 0.2) is 22.7 Å². The van der Waals surface area contributed by atoms with Gasteiger partial charge in [0, 0.05) is 10.5 Å². The third-order valence-electron chi connectivity index (χ3n) is 3.09. The molecule has 0 saturated carbocycles. The lowest BCUT2D eigenvalue weighted by Crippen LogP contribution is -2.39. The molecule has 0 aliphatic heterocycles. The van der Waals surface area contributed by atoms with Crippen molar-refractivity contribution in [2.75, 3.05) is 6.54 Å². The molecule has 0 saturated heterocycles. The van der Waals surface area contributed by atoms with Gasteiger partial charge >= 0.3 is 12.3 Å². The summed E-state index contributed by atoms with van der Waals surface area (Å²) < 4.78 is 50.6. The Morgan fingerprint density at radius 3 is 2.78 bits per heavy atom. The van der Waals surface area contributed by atoms with E-state index in [0.717, 1.165) is 22.0 Å². The molecule has 1 aliphatic carbocycles. The molecule has 1 nitrogen and oxygen atoms in total. The standard InChI is InChI=1S/C12H12BrF4N/c13-8-2-3-9-7(5-8)1-4-10(9)18-6-12(16,17)11(14)15/h2-3,5,10-11,18H,1,4,6H2. The van der Waals surface area contributed by atoms with Gasteiger partial charge in [-0.3, -0.25) is 0 Å². The molecule has 0 amide bonds. The van der Waals surface area contributed by atoms with Crippen molar-refractivity contribution in [3.8, 4) is 0 Å². The Kier molecular flexibility index (Phi) is 3.96. The van der Waals surface area contributed by atoms with E-state index in [9.17, 15) is 17.6 Å². The SMILES string of the molecule is FC(F)C(F)(F)CNC1CCc2cc(Br)ccc21. The number of alkyl halides is 4. The van der Waals surface area contributed by atoms with Crippen LogP contribution in [0.25, 0.3) is 0 Å². The molecular formula is C12H12BrF4N. The Morgan fingerprint density at radius 2 is 2.11 bits per heavy atom. The lowest BCUT2D eigenvalue weighted by Gasteiger charge is -2.20. The van der Waals surface area contributed by atoms with E-state index in [4.69, 9.17) is 0 Å². The summed E-state index contributed by atoms with van der Waals surface area (Å²) in [6.07, 6.45) is -2.20. The molecular weight excluding hydrogens is 314 g/mol. The van der Waals surface area contributed by atoms with Gasteiger partial charge in [-0.05, 0) is 36.1 Å². The maximum atomic E-state index is 12.8. The summed E-state index contributed by atoms with van der Waals surface area (Å²) in [6.45, 7) is -0.995. The average Bonchev–Trinajstić information content (AvgIpc) is 2.68. The molecule has 100 valence electrons. The minimum absolute atomic E-state index is 0.266. The van der Waals surface area contributed by atoms with Gasteiger partial charge in [-0.15, -0.1) is 0 Å². The maximum absolute atomic E-state index is 12.8. The first kappa shape index (κ1) is 13.8. The van der Waals surface area contributed by atoms with Crippen molar-refractivity contribution in [3.05, 3.63) is 33.8 Å². The highest BCUT2D eigenvalue weighted by Crippen LogP contribution is 2.33. The number of benzene rings is 1. The van der Waals surface area contributed by atoms with Gasteiger partial charge in [-0.2, -0.15) is 8.78 Å². The first-order chi connectivity index (χ1) is 8.40. The van der Waals surface area contributed by atoms with E-state index in [0.29, 0.717) is 6.42 Å². The zero-order chi connectivity index (χ0) is 13.3. The molecule has 6 heteroatoms. The molecule has 0 spiro atoms. The van der Waals surface area contributed by atoms with Crippen LogP contribution in [0.2, 0.25) is 0 Å². The third kappa shape index (κ3) is 2.85. The van der Waals surface area contributed by atoms with Crippen molar-refractivity contribution in [3.63, 3.8) is 0 Å². The van der Waals surface area contributed by atoms with Gasteiger partial charge in [0.2, 0.25) is 0 Å². The summed E-state index contributed by atoms with van der Waals surface area (Å²) in [4.78, 5) is 0. The van der Waals surface area contributed by atoms with E-state index in [2.05, 4.69) is 21.2 Å². The molecule has 1 aromatic rings. The average molecular weight is 326 g/mol. The van der Waals surface area contributed by atoms with Crippen molar-refractivity contribution in [1.29, 1.82) is 0 Å². The highest BCUT2D eigenvalue weighted by molar-refractivity contribution is 9.10. The van der Waals surface area contributed by atoms with E-state index >= 15 is 0 Å². The van der Waals surface area contributed by atoms with Gasteiger partial charge in [-0.1, -0.05) is 22.0 Å². The molecule has 1 unspecified atom stereocenters. The Bertz CT molecular complexity index is 436. The zero-order valence-corrected chi connectivity index (χ0v) is 11.0. The molecule has 0 aromatic heterocycles. The van der Waals surface area contributed by atoms with E-state index in [-0.39, 0.29) is 6.04 Å². The van der Waals surface area contributed by atoms with Crippen LogP contribution in [0.4, 0.5) is 17.6 Å². The van der Waals surface area contributed by atoms with Crippen LogP contribution >= 0.6 is 15.9 Å². The van der Waals surface area contributed by atoms with Crippen LogP contribution < -0.4 is 5.32 Å².